The van der Waals surface area contributed by atoms with Crippen molar-refractivity contribution in [2.24, 2.45) is 0 Å². The zero-order valence-corrected chi connectivity index (χ0v) is 22.7. The Bertz CT molecular complexity index is 1180. The van der Waals surface area contributed by atoms with Crippen LogP contribution in [0.15, 0.2) is 42.5 Å². The van der Waals surface area contributed by atoms with E-state index in [9.17, 15) is 14.7 Å². The summed E-state index contributed by atoms with van der Waals surface area (Å²) in [4.78, 5) is 33.1. The van der Waals surface area contributed by atoms with E-state index in [0.717, 1.165) is 38.0 Å². The monoisotopic (exact) mass is 540 g/mol. The number of likely N-dealkylation sites (N-methyl/N-ethyl adjacent to an activating group) is 1. The number of hydrogen-bond acceptors (Lipinski definition) is 6. The van der Waals surface area contributed by atoms with Gasteiger partial charge in [-0.1, -0.05) is 24.3 Å². The third kappa shape index (κ3) is 4.91. The van der Waals surface area contributed by atoms with Gasteiger partial charge in [0.15, 0.2) is 0 Å². The average Bonchev–Trinajstić information content (AvgIpc) is 3.10. The number of anilines is 1. The number of nitrogens with zero attached hydrogens (tertiary/aromatic N) is 3. The van der Waals surface area contributed by atoms with E-state index in [4.69, 9.17) is 4.74 Å². The van der Waals surface area contributed by atoms with Gasteiger partial charge in [-0.05, 0) is 55.5 Å². The molecule has 0 aromatic heterocycles. The molecule has 0 radical (unpaired) electrons. The Morgan fingerprint density at radius 3 is 2.53 bits per heavy atom. The minimum atomic E-state index is -0.674. The maximum Gasteiger partial charge on any atom is 0.256 e. The van der Waals surface area contributed by atoms with Crippen LogP contribution in [-0.4, -0.2) is 90.3 Å². The highest BCUT2D eigenvalue weighted by Gasteiger charge is 2.41. The van der Waals surface area contributed by atoms with Crippen molar-refractivity contribution in [1.29, 1.82) is 0 Å². The summed E-state index contributed by atoms with van der Waals surface area (Å²) in [5.74, 6) is -0.0612. The molecule has 6 rings (SSSR count). The molecule has 3 unspecified atom stereocenters. The zero-order valence-electron chi connectivity index (χ0n) is 21.8. The lowest BCUT2D eigenvalue weighted by molar-refractivity contribution is -0.00715. The average molecular weight is 541 g/mol. The smallest absolute Gasteiger partial charge is 0.256 e. The molecule has 2 aromatic carbocycles. The van der Waals surface area contributed by atoms with Crippen LogP contribution in [0.1, 0.15) is 51.6 Å². The quantitative estimate of drug-likeness (QED) is 0.606. The van der Waals surface area contributed by atoms with Crippen molar-refractivity contribution in [3.05, 3.63) is 64.7 Å². The predicted molar refractivity (Wildman–Crippen MR) is 148 cm³/mol. The number of aliphatic hydroxyl groups is 1. The predicted octanol–water partition coefficient (Wildman–Crippen LogP) is 2.47. The molecule has 2 N–H and O–H groups in total. The van der Waals surface area contributed by atoms with Crippen molar-refractivity contribution in [3.8, 4) is 0 Å². The Morgan fingerprint density at radius 2 is 1.79 bits per heavy atom. The van der Waals surface area contributed by atoms with E-state index >= 15 is 0 Å². The molecule has 2 fully saturated rings. The third-order valence-electron chi connectivity index (χ3n) is 8.58. The second-order valence-electron chi connectivity index (χ2n) is 10.7. The summed E-state index contributed by atoms with van der Waals surface area (Å²) in [6.45, 7) is 6.18. The highest BCUT2D eigenvalue weighted by Crippen LogP contribution is 2.33. The largest absolute Gasteiger partial charge is 0.390 e. The molecule has 0 aliphatic carbocycles. The van der Waals surface area contributed by atoms with E-state index in [0.29, 0.717) is 37.4 Å². The van der Waals surface area contributed by atoms with E-state index in [2.05, 4.69) is 29.3 Å². The number of amides is 2. The van der Waals surface area contributed by atoms with Crippen LogP contribution in [0.4, 0.5) is 5.69 Å². The van der Waals surface area contributed by atoms with Gasteiger partial charge in [0, 0.05) is 44.3 Å². The van der Waals surface area contributed by atoms with Gasteiger partial charge in [-0.15, -0.1) is 12.4 Å². The molecular formula is C29H37ClN4O4. The van der Waals surface area contributed by atoms with E-state index in [1.807, 2.05) is 23.1 Å². The Morgan fingerprint density at radius 1 is 1.08 bits per heavy atom. The van der Waals surface area contributed by atoms with Crippen LogP contribution in [-0.2, 0) is 17.7 Å². The van der Waals surface area contributed by atoms with Crippen LogP contribution in [0.25, 0.3) is 0 Å². The molecule has 0 saturated carbocycles. The SMILES string of the molecule is CCN1CCN(CC(O)[C@@H]2Cc3ccccc3CN2)C(=O)c2ccc(C(=O)N3C4CCC3COC4)cc21.Cl. The number of hydrogen-bond donors (Lipinski definition) is 2. The minimum Gasteiger partial charge on any atom is -0.390 e. The summed E-state index contributed by atoms with van der Waals surface area (Å²) in [7, 11) is 0. The maximum absolute atomic E-state index is 13.7. The van der Waals surface area contributed by atoms with E-state index < -0.39 is 6.10 Å². The summed E-state index contributed by atoms with van der Waals surface area (Å²) in [5.41, 5.74) is 4.54. The number of nitrogens with one attached hydrogen (secondary N) is 1. The lowest BCUT2D eigenvalue weighted by Gasteiger charge is -2.35. The third-order valence-corrected chi connectivity index (χ3v) is 8.58. The lowest BCUT2D eigenvalue weighted by Crippen LogP contribution is -2.50. The number of β-amino-alcohol motifs (C(OH)–C–C–N with tert-alkyl or cyclic N) is 1. The van der Waals surface area contributed by atoms with Crippen LogP contribution in [0.3, 0.4) is 0 Å². The second kappa shape index (κ2) is 11.2. The number of aliphatic hydroxyl groups excluding tert-OH is 1. The first-order chi connectivity index (χ1) is 18.0. The lowest BCUT2D eigenvalue weighted by atomic mass is 9.92. The number of carbonyl (C=O) groups is 2. The molecule has 4 atom stereocenters. The van der Waals surface area contributed by atoms with Gasteiger partial charge in [0.05, 0.1) is 42.7 Å². The van der Waals surface area contributed by atoms with E-state index in [1.54, 1.807) is 17.0 Å². The summed E-state index contributed by atoms with van der Waals surface area (Å²) in [5, 5.41) is 14.6. The van der Waals surface area contributed by atoms with Crippen LogP contribution in [0, 0.1) is 0 Å². The van der Waals surface area contributed by atoms with Gasteiger partial charge < -0.3 is 29.9 Å². The van der Waals surface area contributed by atoms with Gasteiger partial charge in [0.25, 0.3) is 11.8 Å². The van der Waals surface area contributed by atoms with Gasteiger partial charge in [-0.3, -0.25) is 9.59 Å². The minimum absolute atomic E-state index is 0. The molecule has 2 aromatic rings. The zero-order chi connectivity index (χ0) is 25.5. The Labute approximate surface area is 230 Å². The molecule has 204 valence electrons. The molecule has 9 heteroatoms. The van der Waals surface area contributed by atoms with Gasteiger partial charge in [-0.25, -0.2) is 0 Å². The number of morpholine rings is 1. The Balaban J connectivity index is 0.00000294. The molecule has 2 amide bonds. The van der Waals surface area contributed by atoms with Crippen molar-refractivity contribution in [1.82, 2.24) is 15.1 Å². The summed E-state index contributed by atoms with van der Waals surface area (Å²) < 4.78 is 5.66. The van der Waals surface area contributed by atoms with Crippen LogP contribution in [0.5, 0.6) is 0 Å². The van der Waals surface area contributed by atoms with Crippen molar-refractivity contribution >= 4 is 29.9 Å². The fourth-order valence-electron chi connectivity index (χ4n) is 6.46. The molecular weight excluding hydrogens is 504 g/mol. The Kier molecular flexibility index (Phi) is 7.95. The number of halogens is 1. The molecule has 38 heavy (non-hydrogen) atoms. The molecule has 2 saturated heterocycles. The number of ether oxygens (including phenoxy) is 1. The van der Waals surface area contributed by atoms with Gasteiger partial charge in [0.2, 0.25) is 0 Å². The fraction of sp³-hybridized carbons (Fsp3) is 0.517. The van der Waals surface area contributed by atoms with Crippen molar-refractivity contribution < 1.29 is 19.4 Å². The summed E-state index contributed by atoms with van der Waals surface area (Å²) in [6.07, 6.45) is 2.04. The number of carbonyl (C=O) groups excluding carboxylic acids is 2. The van der Waals surface area contributed by atoms with Gasteiger partial charge >= 0.3 is 0 Å². The Hall–Kier alpha value is -2.65. The van der Waals surface area contributed by atoms with Crippen LogP contribution < -0.4 is 10.2 Å². The molecule has 4 heterocycles. The maximum atomic E-state index is 13.7. The molecule has 0 spiro atoms. The topological polar surface area (TPSA) is 85.3 Å². The molecule has 2 bridgehead atoms. The normalized spacial score (nSPS) is 25.3. The molecule has 8 nitrogen and oxygen atoms in total. The highest BCUT2D eigenvalue weighted by molar-refractivity contribution is 6.03. The standard InChI is InChI=1S/C29H36N4O4.ClH/c1-2-31-11-12-32(16-27(34)25-13-19-5-3-4-6-21(19)15-30-25)29(36)24-10-7-20(14-26(24)31)28(35)33-22-8-9-23(33)18-37-17-22;/h3-7,10,14,22-23,25,27,30,34H,2,8-9,11-13,15-18H2,1H3;1H/t22?,23?,25-,27?;/m0./s1. The molecule has 4 aliphatic heterocycles. The molecule has 4 aliphatic rings. The number of fused-ring (bicyclic) bond motifs is 4. The van der Waals surface area contributed by atoms with Crippen molar-refractivity contribution in [2.45, 2.75) is 57.0 Å². The first kappa shape index (κ1) is 26.9. The summed E-state index contributed by atoms with van der Waals surface area (Å²) >= 11 is 0. The van der Waals surface area contributed by atoms with E-state index in [-0.39, 0.29) is 48.9 Å². The van der Waals surface area contributed by atoms with E-state index in [1.165, 1.54) is 11.1 Å². The number of rotatable bonds is 5. The first-order valence-electron chi connectivity index (χ1n) is 13.6. The van der Waals surface area contributed by atoms with Crippen LogP contribution >= 0.6 is 12.4 Å². The van der Waals surface area contributed by atoms with Crippen molar-refractivity contribution in [2.75, 3.05) is 44.3 Å². The fourth-order valence-corrected chi connectivity index (χ4v) is 6.46. The van der Waals surface area contributed by atoms with Crippen molar-refractivity contribution in [3.63, 3.8) is 0 Å². The van der Waals surface area contributed by atoms with Gasteiger partial charge in [0.1, 0.15) is 0 Å². The first-order valence-corrected chi connectivity index (χ1v) is 13.6. The second-order valence-corrected chi connectivity index (χ2v) is 10.7. The highest BCUT2D eigenvalue weighted by atomic mass is 35.5. The van der Waals surface area contributed by atoms with Crippen LogP contribution in [0.2, 0.25) is 0 Å². The van der Waals surface area contributed by atoms with Gasteiger partial charge in [-0.2, -0.15) is 0 Å². The summed E-state index contributed by atoms with van der Waals surface area (Å²) in [6, 6.07) is 14.0. The number of benzene rings is 2.